The number of ether oxygens (including phenoxy) is 1. The highest BCUT2D eigenvalue weighted by Crippen LogP contribution is 2.32. The molecule has 0 saturated carbocycles. The van der Waals surface area contributed by atoms with E-state index in [0.29, 0.717) is 5.76 Å². The zero-order chi connectivity index (χ0) is 13.9. The van der Waals surface area contributed by atoms with Gasteiger partial charge in [-0.2, -0.15) is 4.98 Å². The molecule has 0 bridgehead atoms. The first-order valence-corrected chi connectivity index (χ1v) is 6.44. The summed E-state index contributed by atoms with van der Waals surface area (Å²) in [6, 6.07) is 7.74. The molecule has 2 heterocycles. The molecule has 6 nitrogen and oxygen atoms in total. The molecule has 0 aliphatic carbocycles. The molecular formula is C14H14N2O4. The molecule has 1 N–H and O–H groups in total. The molecule has 0 spiro atoms. The van der Waals surface area contributed by atoms with Crippen LogP contribution in [0.1, 0.15) is 12.8 Å². The van der Waals surface area contributed by atoms with Crippen LogP contribution < -0.4 is 9.64 Å². The predicted molar refractivity (Wildman–Crippen MR) is 72.0 cm³/mol. The number of anilines is 1. The SMILES string of the molecule is O=C(O)Oc1ncoc1-c1cccc(N2CCCC2)c1. The minimum atomic E-state index is -1.41. The number of nitrogens with zero attached hydrogens (tertiary/aromatic N) is 2. The fourth-order valence-corrected chi connectivity index (χ4v) is 2.40. The lowest BCUT2D eigenvalue weighted by atomic mass is 10.1. The summed E-state index contributed by atoms with van der Waals surface area (Å²) in [5.41, 5.74) is 1.85. The van der Waals surface area contributed by atoms with E-state index in [9.17, 15) is 4.79 Å². The molecule has 0 atom stereocenters. The van der Waals surface area contributed by atoms with E-state index in [2.05, 4.69) is 14.6 Å². The molecule has 20 heavy (non-hydrogen) atoms. The first-order valence-electron chi connectivity index (χ1n) is 6.44. The van der Waals surface area contributed by atoms with Crippen LogP contribution in [0.2, 0.25) is 0 Å². The minimum Gasteiger partial charge on any atom is -0.449 e. The molecule has 3 rings (SSSR count). The van der Waals surface area contributed by atoms with Crippen molar-refractivity contribution in [2.75, 3.05) is 18.0 Å². The van der Waals surface area contributed by atoms with Gasteiger partial charge in [0.15, 0.2) is 12.2 Å². The van der Waals surface area contributed by atoms with Gasteiger partial charge >= 0.3 is 6.16 Å². The lowest BCUT2D eigenvalue weighted by Gasteiger charge is -2.17. The van der Waals surface area contributed by atoms with Gasteiger partial charge in [-0.25, -0.2) is 4.79 Å². The van der Waals surface area contributed by atoms with Crippen LogP contribution in [0.3, 0.4) is 0 Å². The highest BCUT2D eigenvalue weighted by atomic mass is 16.7. The van der Waals surface area contributed by atoms with Crippen LogP contribution in [0.4, 0.5) is 10.5 Å². The zero-order valence-corrected chi connectivity index (χ0v) is 10.8. The zero-order valence-electron chi connectivity index (χ0n) is 10.8. The maximum atomic E-state index is 10.6. The van der Waals surface area contributed by atoms with Gasteiger partial charge in [0, 0.05) is 24.3 Å². The predicted octanol–water partition coefficient (Wildman–Crippen LogP) is 3.00. The van der Waals surface area contributed by atoms with E-state index in [1.54, 1.807) is 0 Å². The number of oxazole rings is 1. The molecule has 1 aromatic carbocycles. The lowest BCUT2D eigenvalue weighted by Crippen LogP contribution is -2.17. The molecule has 1 saturated heterocycles. The number of carboxylic acid groups (broad SMARTS) is 1. The summed E-state index contributed by atoms with van der Waals surface area (Å²) >= 11 is 0. The van der Waals surface area contributed by atoms with Crippen LogP contribution in [-0.2, 0) is 0 Å². The van der Waals surface area contributed by atoms with Gasteiger partial charge in [-0.05, 0) is 25.0 Å². The van der Waals surface area contributed by atoms with E-state index in [0.717, 1.165) is 24.3 Å². The Bertz CT molecular complexity index is 617. The van der Waals surface area contributed by atoms with Crippen molar-refractivity contribution in [3.8, 4) is 17.2 Å². The second-order valence-corrected chi connectivity index (χ2v) is 4.60. The molecule has 1 fully saturated rings. The quantitative estimate of drug-likeness (QED) is 0.867. The van der Waals surface area contributed by atoms with Crippen LogP contribution in [0.5, 0.6) is 5.88 Å². The molecular weight excluding hydrogens is 260 g/mol. The minimum absolute atomic E-state index is 0.0314. The number of hydrogen-bond donors (Lipinski definition) is 1. The molecule has 104 valence electrons. The average molecular weight is 274 g/mol. The first kappa shape index (κ1) is 12.5. The topological polar surface area (TPSA) is 75.8 Å². The van der Waals surface area contributed by atoms with Gasteiger partial charge in [-0.1, -0.05) is 12.1 Å². The van der Waals surface area contributed by atoms with Gasteiger partial charge in [0.05, 0.1) is 0 Å². The average Bonchev–Trinajstić information content (AvgIpc) is 3.09. The normalized spacial score (nSPS) is 14.5. The Morgan fingerprint density at radius 1 is 1.35 bits per heavy atom. The molecule has 1 aliphatic rings. The van der Waals surface area contributed by atoms with Crippen LogP contribution in [0.15, 0.2) is 35.1 Å². The summed E-state index contributed by atoms with van der Waals surface area (Å²) in [4.78, 5) is 16.7. The van der Waals surface area contributed by atoms with Crippen molar-refractivity contribution in [1.29, 1.82) is 0 Å². The molecule has 2 aromatic rings. The Morgan fingerprint density at radius 3 is 2.90 bits per heavy atom. The van der Waals surface area contributed by atoms with Gasteiger partial charge in [0.1, 0.15) is 0 Å². The molecule has 0 amide bonds. The summed E-state index contributed by atoms with van der Waals surface area (Å²) in [6.45, 7) is 2.08. The van der Waals surface area contributed by atoms with Gasteiger partial charge < -0.3 is 19.2 Å². The second kappa shape index (κ2) is 5.24. The molecule has 1 aromatic heterocycles. The monoisotopic (exact) mass is 274 g/mol. The fraction of sp³-hybridized carbons (Fsp3) is 0.286. The number of carbonyl (C=O) groups is 1. The van der Waals surface area contributed by atoms with E-state index in [-0.39, 0.29) is 5.88 Å². The van der Waals surface area contributed by atoms with Crippen LogP contribution >= 0.6 is 0 Å². The van der Waals surface area contributed by atoms with Crippen molar-refractivity contribution in [2.24, 2.45) is 0 Å². The van der Waals surface area contributed by atoms with Crippen molar-refractivity contribution in [3.63, 3.8) is 0 Å². The van der Waals surface area contributed by atoms with Gasteiger partial charge in [0.2, 0.25) is 0 Å². The largest absolute Gasteiger partial charge is 0.512 e. The number of rotatable bonds is 3. The van der Waals surface area contributed by atoms with Gasteiger partial charge in [0.25, 0.3) is 5.88 Å². The van der Waals surface area contributed by atoms with E-state index in [4.69, 9.17) is 9.52 Å². The van der Waals surface area contributed by atoms with E-state index in [1.165, 1.54) is 19.2 Å². The highest BCUT2D eigenvalue weighted by Gasteiger charge is 2.17. The number of benzene rings is 1. The van der Waals surface area contributed by atoms with E-state index in [1.807, 2.05) is 24.3 Å². The number of aromatic nitrogens is 1. The standard InChI is InChI=1S/C14H14N2O4/c17-14(18)20-13-12(19-9-15-13)10-4-3-5-11(8-10)16-6-1-2-7-16/h3-5,8-9H,1-2,6-7H2,(H,17,18). The lowest BCUT2D eigenvalue weighted by molar-refractivity contribution is 0.143. The summed E-state index contributed by atoms with van der Waals surface area (Å²) in [7, 11) is 0. The van der Waals surface area contributed by atoms with E-state index >= 15 is 0 Å². The fourth-order valence-electron chi connectivity index (χ4n) is 2.40. The van der Waals surface area contributed by atoms with Gasteiger partial charge in [-0.3, -0.25) is 0 Å². The van der Waals surface area contributed by atoms with Crippen LogP contribution in [0, 0.1) is 0 Å². The van der Waals surface area contributed by atoms with Crippen molar-refractivity contribution in [2.45, 2.75) is 12.8 Å². The molecule has 0 radical (unpaired) electrons. The Balaban J connectivity index is 1.92. The third-order valence-corrected chi connectivity index (χ3v) is 3.30. The van der Waals surface area contributed by atoms with Gasteiger partial charge in [-0.15, -0.1) is 0 Å². The highest BCUT2D eigenvalue weighted by molar-refractivity contribution is 5.71. The summed E-state index contributed by atoms with van der Waals surface area (Å²) < 4.78 is 9.85. The van der Waals surface area contributed by atoms with Crippen molar-refractivity contribution >= 4 is 11.8 Å². The first-order chi connectivity index (χ1) is 9.74. The number of hydrogen-bond acceptors (Lipinski definition) is 5. The van der Waals surface area contributed by atoms with Crippen molar-refractivity contribution in [3.05, 3.63) is 30.7 Å². The Labute approximate surface area is 115 Å². The Kier molecular flexibility index (Phi) is 3.28. The molecule has 0 unspecified atom stereocenters. The second-order valence-electron chi connectivity index (χ2n) is 4.60. The van der Waals surface area contributed by atoms with Crippen LogP contribution in [0.25, 0.3) is 11.3 Å². The summed E-state index contributed by atoms with van der Waals surface area (Å²) in [5.74, 6) is 0.296. The Morgan fingerprint density at radius 2 is 2.15 bits per heavy atom. The van der Waals surface area contributed by atoms with Crippen molar-refractivity contribution in [1.82, 2.24) is 4.98 Å². The smallest absolute Gasteiger partial charge is 0.449 e. The van der Waals surface area contributed by atoms with Crippen molar-refractivity contribution < 1.29 is 19.1 Å². The van der Waals surface area contributed by atoms with E-state index < -0.39 is 6.16 Å². The summed E-state index contributed by atoms with van der Waals surface area (Å²) in [5, 5.41) is 8.67. The summed E-state index contributed by atoms with van der Waals surface area (Å²) in [6.07, 6.45) is 2.16. The maximum absolute atomic E-state index is 10.6. The molecule has 6 heteroatoms. The third kappa shape index (κ3) is 2.45. The third-order valence-electron chi connectivity index (χ3n) is 3.30. The van der Waals surface area contributed by atoms with Crippen LogP contribution in [-0.4, -0.2) is 29.3 Å². The maximum Gasteiger partial charge on any atom is 0.512 e. The molecule has 1 aliphatic heterocycles. The Hall–Kier alpha value is -2.50.